The molecule has 0 aliphatic rings. The minimum absolute atomic E-state index is 0.0929. The van der Waals surface area contributed by atoms with E-state index in [0.29, 0.717) is 0 Å². The van der Waals surface area contributed by atoms with Gasteiger partial charge in [0.25, 0.3) is 11.1 Å². The van der Waals surface area contributed by atoms with Crippen molar-refractivity contribution in [2.24, 2.45) is 0 Å². The molecule has 0 heterocycles. The topological polar surface area (TPSA) is 95.7 Å². The van der Waals surface area contributed by atoms with Crippen LogP contribution in [0.3, 0.4) is 0 Å². The van der Waals surface area contributed by atoms with Crippen molar-refractivity contribution in [1.82, 2.24) is 0 Å². The first-order chi connectivity index (χ1) is 10.2. The summed E-state index contributed by atoms with van der Waals surface area (Å²) in [5.74, 6) is -1.12. The summed E-state index contributed by atoms with van der Waals surface area (Å²) in [7, 11) is -4.32. The van der Waals surface area contributed by atoms with Gasteiger partial charge in [-0.25, -0.2) is 4.39 Å². The van der Waals surface area contributed by atoms with Crippen LogP contribution in [0.25, 0.3) is 0 Å². The highest BCUT2D eigenvalue weighted by molar-refractivity contribution is 7.56. The molecule has 0 fully saturated rings. The van der Waals surface area contributed by atoms with Gasteiger partial charge in [0.05, 0.1) is 18.1 Å². The molecule has 0 aliphatic carbocycles. The van der Waals surface area contributed by atoms with E-state index in [1.807, 2.05) is 0 Å². The van der Waals surface area contributed by atoms with Crippen molar-refractivity contribution in [1.29, 1.82) is 0 Å². The summed E-state index contributed by atoms with van der Waals surface area (Å²) in [5, 5.41) is 7.68. The lowest BCUT2D eigenvalue weighted by Gasteiger charge is -2.27. The highest BCUT2D eigenvalue weighted by atomic mass is 31.2. The third-order valence-electron chi connectivity index (χ3n) is 2.87. The number of hydrogen-bond donors (Lipinski definition) is 0. The number of non-ortho nitro benzene ring substituents is 1. The number of Topliss-reactive ketones (excluding diaryl/α,β-unsaturated/α-hetero) is 1. The number of carbonyl (C=O) groups is 1. The zero-order chi connectivity index (χ0) is 17.0. The van der Waals surface area contributed by atoms with Crippen molar-refractivity contribution in [2.75, 3.05) is 13.2 Å². The Kier molecular flexibility index (Phi) is 5.93. The van der Waals surface area contributed by atoms with Crippen LogP contribution in [0.15, 0.2) is 24.3 Å². The number of benzene rings is 1. The molecule has 1 aromatic carbocycles. The number of nitrogens with zero attached hydrogens (tertiary/aromatic N) is 1. The fourth-order valence-electron chi connectivity index (χ4n) is 1.74. The van der Waals surface area contributed by atoms with Gasteiger partial charge >= 0.3 is 7.60 Å². The summed E-state index contributed by atoms with van der Waals surface area (Å²) < 4.78 is 37.1. The molecule has 0 spiro atoms. The number of nitro benzene ring substituents is 1. The van der Waals surface area contributed by atoms with Gasteiger partial charge in [0.15, 0.2) is 0 Å². The maximum absolute atomic E-state index is 14.9. The molecule has 9 heteroatoms. The second kappa shape index (κ2) is 7.09. The van der Waals surface area contributed by atoms with E-state index in [-0.39, 0.29) is 24.5 Å². The number of nitro groups is 1. The molecule has 0 saturated heterocycles. The molecule has 0 bridgehead atoms. The molecule has 0 aromatic heterocycles. The molecule has 1 rings (SSSR count). The molecule has 0 amide bonds. The minimum Gasteiger partial charge on any atom is -0.306 e. The quantitative estimate of drug-likeness (QED) is 0.311. The van der Waals surface area contributed by atoms with Gasteiger partial charge in [-0.2, -0.15) is 0 Å². The molecule has 0 aliphatic heterocycles. The smallest absolute Gasteiger partial charge is 0.306 e. The van der Waals surface area contributed by atoms with E-state index in [0.717, 1.165) is 31.2 Å². The van der Waals surface area contributed by atoms with Gasteiger partial charge in [0.1, 0.15) is 0 Å². The molecule has 1 aromatic rings. The lowest BCUT2D eigenvalue weighted by atomic mass is 10.1. The molecule has 0 radical (unpaired) electrons. The van der Waals surface area contributed by atoms with Gasteiger partial charge in [-0.1, -0.05) is 0 Å². The number of rotatable bonds is 8. The Hall–Kier alpha value is -1.63. The predicted molar refractivity (Wildman–Crippen MR) is 77.8 cm³/mol. The standard InChI is InChI=1S/C13H17FNO6P/c1-4-20-22(19,21-5-2)13(3,14)12(16)10-6-8-11(9-7-10)15(17)18/h6-9H,4-5H2,1-3H3. The van der Waals surface area contributed by atoms with Crippen molar-refractivity contribution in [3.8, 4) is 0 Å². The normalized spacial score (nSPS) is 14.4. The van der Waals surface area contributed by atoms with Gasteiger partial charge in [-0.3, -0.25) is 19.5 Å². The Morgan fingerprint density at radius 1 is 1.27 bits per heavy atom. The van der Waals surface area contributed by atoms with Crippen LogP contribution in [-0.2, 0) is 13.6 Å². The number of hydrogen-bond acceptors (Lipinski definition) is 6. The number of carbonyl (C=O) groups excluding carboxylic acids is 1. The van der Waals surface area contributed by atoms with Crippen LogP contribution in [0, 0.1) is 10.1 Å². The largest absolute Gasteiger partial charge is 0.375 e. The summed E-state index contributed by atoms with van der Waals surface area (Å²) in [6.45, 7) is 3.63. The highest BCUT2D eigenvalue weighted by Gasteiger charge is 2.54. The van der Waals surface area contributed by atoms with E-state index >= 15 is 0 Å². The highest BCUT2D eigenvalue weighted by Crippen LogP contribution is 2.61. The van der Waals surface area contributed by atoms with Gasteiger partial charge in [0, 0.05) is 17.7 Å². The first kappa shape index (κ1) is 18.4. The maximum atomic E-state index is 14.9. The lowest BCUT2D eigenvalue weighted by molar-refractivity contribution is -0.384. The third-order valence-corrected chi connectivity index (χ3v) is 5.30. The van der Waals surface area contributed by atoms with E-state index in [1.165, 1.54) is 13.8 Å². The van der Waals surface area contributed by atoms with Crippen LogP contribution in [0.4, 0.5) is 10.1 Å². The number of alkyl halides is 1. The Morgan fingerprint density at radius 2 is 1.73 bits per heavy atom. The van der Waals surface area contributed by atoms with Crippen molar-refractivity contribution in [2.45, 2.75) is 26.2 Å². The van der Waals surface area contributed by atoms with E-state index < -0.39 is 23.7 Å². The average molecular weight is 333 g/mol. The molecule has 0 N–H and O–H groups in total. The van der Waals surface area contributed by atoms with E-state index in [2.05, 4.69) is 0 Å². The predicted octanol–water partition coefficient (Wildman–Crippen LogP) is 3.73. The van der Waals surface area contributed by atoms with Crippen molar-refractivity contribution < 1.29 is 27.7 Å². The zero-order valence-electron chi connectivity index (χ0n) is 12.4. The van der Waals surface area contributed by atoms with Crippen LogP contribution in [0.1, 0.15) is 31.1 Å². The number of ketones is 1. The second-order valence-electron chi connectivity index (χ2n) is 4.42. The molecule has 122 valence electrons. The average Bonchev–Trinajstić information content (AvgIpc) is 2.46. The first-order valence-corrected chi connectivity index (χ1v) is 8.11. The minimum atomic E-state index is -4.32. The van der Waals surface area contributed by atoms with E-state index in [1.54, 1.807) is 0 Å². The van der Waals surface area contributed by atoms with Gasteiger partial charge < -0.3 is 9.05 Å². The second-order valence-corrected chi connectivity index (χ2v) is 6.77. The molecule has 7 nitrogen and oxygen atoms in total. The summed E-state index contributed by atoms with van der Waals surface area (Å²) in [6, 6.07) is 4.33. The molecular weight excluding hydrogens is 316 g/mol. The van der Waals surface area contributed by atoms with Crippen LogP contribution in [0.2, 0.25) is 0 Å². The third kappa shape index (κ3) is 3.58. The monoisotopic (exact) mass is 333 g/mol. The molecule has 1 unspecified atom stereocenters. The van der Waals surface area contributed by atoms with Crippen LogP contribution >= 0.6 is 7.60 Å². The fraction of sp³-hybridized carbons (Fsp3) is 0.462. The molecule has 0 saturated carbocycles. The Labute approximate surface area is 127 Å². The Bertz CT molecular complexity index is 591. The van der Waals surface area contributed by atoms with Crippen LogP contribution in [0.5, 0.6) is 0 Å². The summed E-state index contributed by atoms with van der Waals surface area (Å²) in [6.07, 6.45) is 0. The summed E-state index contributed by atoms with van der Waals surface area (Å²) in [4.78, 5) is 22.2. The van der Waals surface area contributed by atoms with Crippen LogP contribution in [-0.4, -0.2) is 29.3 Å². The number of halogens is 1. The Morgan fingerprint density at radius 3 is 2.09 bits per heavy atom. The van der Waals surface area contributed by atoms with Gasteiger partial charge in [-0.05, 0) is 32.9 Å². The van der Waals surface area contributed by atoms with Crippen molar-refractivity contribution in [3.63, 3.8) is 0 Å². The zero-order valence-corrected chi connectivity index (χ0v) is 13.3. The SMILES string of the molecule is CCOP(=O)(OCC)C(C)(F)C(=O)c1ccc([N+](=O)[O-])cc1. The Balaban J connectivity index is 3.17. The molecule has 1 atom stereocenters. The van der Waals surface area contributed by atoms with Gasteiger partial charge in [0.2, 0.25) is 5.78 Å². The van der Waals surface area contributed by atoms with Gasteiger partial charge in [-0.15, -0.1) is 0 Å². The van der Waals surface area contributed by atoms with E-state index in [4.69, 9.17) is 9.05 Å². The summed E-state index contributed by atoms with van der Waals surface area (Å²) in [5.41, 5.74) is -0.398. The van der Waals surface area contributed by atoms with E-state index in [9.17, 15) is 23.9 Å². The fourth-order valence-corrected chi connectivity index (χ4v) is 3.36. The lowest BCUT2D eigenvalue weighted by Crippen LogP contribution is -2.32. The van der Waals surface area contributed by atoms with Crippen LogP contribution < -0.4 is 0 Å². The first-order valence-electron chi connectivity index (χ1n) is 6.57. The molecular formula is C13H17FNO6P. The van der Waals surface area contributed by atoms with Crippen molar-refractivity contribution in [3.05, 3.63) is 39.9 Å². The summed E-state index contributed by atoms with van der Waals surface area (Å²) >= 11 is 0. The maximum Gasteiger partial charge on any atom is 0.375 e. The van der Waals surface area contributed by atoms with Crippen molar-refractivity contribution >= 4 is 19.1 Å². The molecule has 22 heavy (non-hydrogen) atoms.